The van der Waals surface area contributed by atoms with E-state index in [2.05, 4.69) is 23.9 Å². The zero-order valence-electron chi connectivity index (χ0n) is 16.3. The molecule has 0 aliphatic rings. The van der Waals surface area contributed by atoms with Gasteiger partial charge in [-0.25, -0.2) is 0 Å². The van der Waals surface area contributed by atoms with E-state index < -0.39 is 0 Å². The van der Waals surface area contributed by atoms with E-state index in [1.807, 2.05) is 62.4 Å². The highest BCUT2D eigenvalue weighted by Gasteiger charge is 2.20. The normalized spacial score (nSPS) is 11.0. The number of carbonyl (C=O) groups excluding carboxylic acids is 1. The molecule has 0 radical (unpaired) electrons. The molecule has 5 heteroatoms. The summed E-state index contributed by atoms with van der Waals surface area (Å²) >= 11 is 0. The minimum atomic E-state index is -0.224. The average molecular weight is 363 g/mol. The number of ether oxygens (including phenoxy) is 1. The molecule has 2 aromatic carbocycles. The largest absolute Gasteiger partial charge is 0.460 e. The first-order valence-corrected chi connectivity index (χ1v) is 9.38. The van der Waals surface area contributed by atoms with E-state index in [-0.39, 0.29) is 18.0 Å². The van der Waals surface area contributed by atoms with Crippen LogP contribution in [0.1, 0.15) is 49.2 Å². The van der Waals surface area contributed by atoms with E-state index in [1.54, 1.807) is 0 Å². The Morgan fingerprint density at radius 1 is 0.963 bits per heavy atom. The predicted molar refractivity (Wildman–Crippen MR) is 106 cm³/mol. The van der Waals surface area contributed by atoms with Gasteiger partial charge in [0, 0.05) is 11.1 Å². The Labute approximate surface area is 160 Å². The third-order valence-electron chi connectivity index (χ3n) is 4.35. The van der Waals surface area contributed by atoms with Crippen molar-refractivity contribution in [3.05, 3.63) is 65.2 Å². The molecule has 1 aromatic heterocycles. The summed E-state index contributed by atoms with van der Waals surface area (Å²) < 4.78 is 6.96. The van der Waals surface area contributed by atoms with E-state index in [0.29, 0.717) is 11.4 Å². The second-order valence-corrected chi connectivity index (χ2v) is 6.70. The molecule has 27 heavy (non-hydrogen) atoms. The fraction of sp³-hybridized carbons (Fsp3) is 0.318. The van der Waals surface area contributed by atoms with Gasteiger partial charge in [-0.15, -0.1) is 5.10 Å². The Kier molecular flexibility index (Phi) is 5.69. The maximum atomic E-state index is 13.1. The van der Waals surface area contributed by atoms with Crippen LogP contribution in [-0.2, 0) is 12.8 Å². The summed E-state index contributed by atoms with van der Waals surface area (Å²) in [4.78, 5) is 17.5. The van der Waals surface area contributed by atoms with Crippen LogP contribution in [0, 0.1) is 0 Å². The van der Waals surface area contributed by atoms with E-state index in [9.17, 15) is 4.79 Å². The maximum absolute atomic E-state index is 13.1. The third-order valence-corrected chi connectivity index (χ3v) is 4.35. The molecule has 0 bridgehead atoms. The first-order chi connectivity index (χ1) is 13.0. The molecule has 3 aromatic rings. The van der Waals surface area contributed by atoms with Crippen molar-refractivity contribution in [2.75, 3.05) is 0 Å². The zero-order valence-corrected chi connectivity index (χ0v) is 16.3. The Morgan fingerprint density at radius 3 is 2.04 bits per heavy atom. The highest BCUT2D eigenvalue weighted by Crippen LogP contribution is 2.22. The van der Waals surface area contributed by atoms with Crippen LogP contribution in [0.4, 0.5) is 0 Å². The first-order valence-electron chi connectivity index (χ1n) is 9.38. The molecule has 0 fully saturated rings. The monoisotopic (exact) mass is 363 g/mol. The van der Waals surface area contributed by atoms with Crippen LogP contribution in [0.5, 0.6) is 6.01 Å². The number of aromatic nitrogens is 3. The zero-order chi connectivity index (χ0) is 19.4. The molecule has 0 atom stereocenters. The van der Waals surface area contributed by atoms with Gasteiger partial charge in [0.2, 0.25) is 0 Å². The van der Waals surface area contributed by atoms with Gasteiger partial charge in [0.15, 0.2) is 5.82 Å². The molecule has 0 amide bonds. The number of aryl methyl sites for hydroxylation is 2. The lowest BCUT2D eigenvalue weighted by atomic mass is 10.1. The molecule has 140 valence electrons. The molecule has 0 aliphatic carbocycles. The van der Waals surface area contributed by atoms with Gasteiger partial charge >= 0.3 is 6.01 Å². The van der Waals surface area contributed by atoms with E-state index in [0.717, 1.165) is 18.4 Å². The van der Waals surface area contributed by atoms with Crippen LogP contribution in [0.3, 0.4) is 0 Å². The fourth-order valence-corrected chi connectivity index (χ4v) is 2.78. The molecular formula is C22H25N3O2. The molecular weight excluding hydrogens is 338 g/mol. The Bertz CT molecular complexity index is 910. The summed E-state index contributed by atoms with van der Waals surface area (Å²) in [6.07, 6.45) is 1.81. The van der Waals surface area contributed by atoms with E-state index in [1.165, 1.54) is 15.8 Å². The van der Waals surface area contributed by atoms with Crippen molar-refractivity contribution in [1.82, 2.24) is 14.8 Å². The summed E-state index contributed by atoms with van der Waals surface area (Å²) in [6.45, 7) is 8.00. The summed E-state index contributed by atoms with van der Waals surface area (Å²) in [5, 5.41) is 4.32. The van der Waals surface area contributed by atoms with Gasteiger partial charge in [-0.1, -0.05) is 50.2 Å². The Balaban J connectivity index is 2.02. The van der Waals surface area contributed by atoms with E-state index >= 15 is 0 Å². The topological polar surface area (TPSA) is 57.0 Å². The number of benzene rings is 2. The van der Waals surface area contributed by atoms with Crippen LogP contribution >= 0.6 is 0 Å². The van der Waals surface area contributed by atoms with E-state index in [4.69, 9.17) is 4.74 Å². The van der Waals surface area contributed by atoms with Gasteiger partial charge < -0.3 is 4.74 Å². The smallest absolute Gasteiger partial charge is 0.336 e. The van der Waals surface area contributed by atoms with Crippen LogP contribution in [0.15, 0.2) is 48.5 Å². The molecule has 0 saturated heterocycles. The highest BCUT2D eigenvalue weighted by atomic mass is 16.5. The molecule has 5 nitrogen and oxygen atoms in total. The number of nitrogens with zero attached hydrogens (tertiary/aromatic N) is 3. The molecule has 0 spiro atoms. The van der Waals surface area contributed by atoms with Crippen molar-refractivity contribution in [3.63, 3.8) is 0 Å². The highest BCUT2D eigenvalue weighted by molar-refractivity contribution is 5.97. The standard InChI is InChI=1S/C22H25N3O2/c1-5-16-7-11-18(12-8-16)20-23-22(27-15(3)4)24-25(20)21(26)19-13-9-17(6-2)10-14-19/h7-15H,5-6H2,1-4H3. The Hall–Kier alpha value is -2.95. The van der Waals surface area contributed by atoms with Crippen molar-refractivity contribution in [1.29, 1.82) is 0 Å². The van der Waals surface area contributed by atoms with Gasteiger partial charge in [-0.3, -0.25) is 4.79 Å². The average Bonchev–Trinajstić information content (AvgIpc) is 3.10. The minimum Gasteiger partial charge on any atom is -0.460 e. The van der Waals surface area contributed by atoms with Crippen molar-refractivity contribution >= 4 is 5.91 Å². The van der Waals surface area contributed by atoms with Crippen molar-refractivity contribution in [2.45, 2.75) is 46.6 Å². The van der Waals surface area contributed by atoms with Crippen LogP contribution < -0.4 is 4.74 Å². The number of hydrogen-bond acceptors (Lipinski definition) is 4. The predicted octanol–water partition coefficient (Wildman–Crippen LogP) is 4.55. The fourth-order valence-electron chi connectivity index (χ4n) is 2.78. The maximum Gasteiger partial charge on any atom is 0.336 e. The summed E-state index contributed by atoms with van der Waals surface area (Å²) in [5.41, 5.74) is 3.81. The minimum absolute atomic E-state index is 0.0740. The number of rotatable bonds is 6. The van der Waals surface area contributed by atoms with Gasteiger partial charge in [-0.05, 0) is 49.9 Å². The van der Waals surface area contributed by atoms with Crippen molar-refractivity contribution < 1.29 is 9.53 Å². The van der Waals surface area contributed by atoms with Crippen LogP contribution in [0.2, 0.25) is 0 Å². The SMILES string of the molecule is CCc1ccc(C(=O)n2nc(OC(C)C)nc2-c2ccc(CC)cc2)cc1. The lowest BCUT2D eigenvalue weighted by molar-refractivity contribution is 0.0943. The summed E-state index contributed by atoms with van der Waals surface area (Å²) in [7, 11) is 0. The van der Waals surface area contributed by atoms with Crippen molar-refractivity contribution in [2.24, 2.45) is 0 Å². The molecule has 0 aliphatic heterocycles. The van der Waals surface area contributed by atoms with Gasteiger partial charge in [0.05, 0.1) is 6.10 Å². The molecule has 0 unspecified atom stereocenters. The van der Waals surface area contributed by atoms with Crippen molar-refractivity contribution in [3.8, 4) is 17.4 Å². The number of carbonyl (C=O) groups is 1. The molecule has 0 N–H and O–H groups in total. The summed E-state index contributed by atoms with van der Waals surface area (Å²) in [5.74, 6) is 0.260. The lowest BCUT2D eigenvalue weighted by Gasteiger charge is -2.06. The van der Waals surface area contributed by atoms with Gasteiger partial charge in [-0.2, -0.15) is 9.67 Å². The molecule has 1 heterocycles. The van der Waals surface area contributed by atoms with Gasteiger partial charge in [0.1, 0.15) is 0 Å². The second kappa shape index (κ2) is 8.16. The first kappa shape index (κ1) is 18.8. The van der Waals surface area contributed by atoms with Gasteiger partial charge in [0.25, 0.3) is 5.91 Å². The quantitative estimate of drug-likeness (QED) is 0.645. The number of hydrogen-bond donors (Lipinski definition) is 0. The van der Waals surface area contributed by atoms with Crippen LogP contribution in [0.25, 0.3) is 11.4 Å². The third kappa shape index (κ3) is 4.25. The lowest BCUT2D eigenvalue weighted by Crippen LogP contribution is -2.15. The Morgan fingerprint density at radius 2 is 1.52 bits per heavy atom. The van der Waals surface area contributed by atoms with Crippen LogP contribution in [-0.4, -0.2) is 26.8 Å². The molecule has 0 saturated carbocycles. The summed E-state index contributed by atoms with van der Waals surface area (Å²) in [6, 6.07) is 15.8. The molecule has 3 rings (SSSR count). The second-order valence-electron chi connectivity index (χ2n) is 6.70.